The summed E-state index contributed by atoms with van der Waals surface area (Å²) in [4.78, 5) is 4.40. The summed E-state index contributed by atoms with van der Waals surface area (Å²) in [5.41, 5.74) is 1.91. The predicted molar refractivity (Wildman–Crippen MR) is 68.6 cm³/mol. The normalized spacial score (nSPS) is 19.2. The third-order valence-electron chi connectivity index (χ3n) is 3.85. The standard InChI is InChI=1S/C15H17NO/c1-10(11-7-8-11)15(17)13-6-2-4-12-5-3-9-16-14(12)13/h2-6,9-11,15,17H,7-8H2,1H3. The smallest absolute Gasteiger partial charge is 0.0839 e. The van der Waals surface area contributed by atoms with E-state index in [9.17, 15) is 5.11 Å². The fraction of sp³-hybridized carbons (Fsp3) is 0.400. The molecule has 1 N–H and O–H groups in total. The van der Waals surface area contributed by atoms with Gasteiger partial charge < -0.3 is 5.11 Å². The predicted octanol–water partition coefficient (Wildman–Crippen LogP) is 3.31. The average molecular weight is 227 g/mol. The van der Waals surface area contributed by atoms with Gasteiger partial charge in [-0.3, -0.25) is 4.98 Å². The average Bonchev–Trinajstić information content (AvgIpc) is 3.20. The number of fused-ring (bicyclic) bond motifs is 1. The summed E-state index contributed by atoms with van der Waals surface area (Å²) >= 11 is 0. The first kappa shape index (κ1) is 10.7. The van der Waals surface area contributed by atoms with Crippen molar-refractivity contribution in [3.05, 3.63) is 42.1 Å². The van der Waals surface area contributed by atoms with Crippen molar-refractivity contribution in [2.24, 2.45) is 11.8 Å². The molecule has 0 aliphatic heterocycles. The molecule has 2 nitrogen and oxygen atoms in total. The first-order valence-electron chi connectivity index (χ1n) is 6.29. The zero-order chi connectivity index (χ0) is 11.8. The van der Waals surface area contributed by atoms with Crippen LogP contribution in [0.15, 0.2) is 36.5 Å². The Balaban J connectivity index is 2.03. The van der Waals surface area contributed by atoms with Crippen LogP contribution < -0.4 is 0 Å². The van der Waals surface area contributed by atoms with Crippen LogP contribution in [0.25, 0.3) is 10.9 Å². The molecule has 1 aliphatic carbocycles. The number of hydrogen-bond donors (Lipinski definition) is 1. The maximum Gasteiger partial charge on any atom is 0.0839 e. The highest BCUT2D eigenvalue weighted by Crippen LogP contribution is 2.43. The van der Waals surface area contributed by atoms with Crippen molar-refractivity contribution in [3.63, 3.8) is 0 Å². The van der Waals surface area contributed by atoms with Crippen LogP contribution in [-0.4, -0.2) is 10.1 Å². The second-order valence-corrected chi connectivity index (χ2v) is 5.06. The third kappa shape index (κ3) is 1.93. The molecule has 1 aromatic carbocycles. The van der Waals surface area contributed by atoms with Gasteiger partial charge in [0.05, 0.1) is 11.6 Å². The summed E-state index contributed by atoms with van der Waals surface area (Å²) in [5.74, 6) is 1.03. The minimum absolute atomic E-state index is 0.336. The van der Waals surface area contributed by atoms with E-state index in [0.717, 1.165) is 16.5 Å². The van der Waals surface area contributed by atoms with Gasteiger partial charge in [-0.1, -0.05) is 31.2 Å². The highest BCUT2D eigenvalue weighted by Gasteiger charge is 2.33. The molecule has 1 saturated carbocycles. The van der Waals surface area contributed by atoms with Crippen molar-refractivity contribution in [1.82, 2.24) is 4.98 Å². The molecule has 2 unspecified atom stereocenters. The van der Waals surface area contributed by atoms with Crippen LogP contribution >= 0.6 is 0 Å². The van der Waals surface area contributed by atoms with Gasteiger partial charge in [-0.2, -0.15) is 0 Å². The largest absolute Gasteiger partial charge is 0.388 e. The van der Waals surface area contributed by atoms with E-state index in [1.807, 2.05) is 30.3 Å². The Labute approximate surface area is 101 Å². The lowest BCUT2D eigenvalue weighted by Crippen LogP contribution is -2.11. The van der Waals surface area contributed by atoms with Gasteiger partial charge >= 0.3 is 0 Å². The van der Waals surface area contributed by atoms with Gasteiger partial charge in [-0.25, -0.2) is 0 Å². The van der Waals surface area contributed by atoms with Crippen molar-refractivity contribution >= 4 is 10.9 Å². The van der Waals surface area contributed by atoms with Crippen molar-refractivity contribution in [2.75, 3.05) is 0 Å². The Hall–Kier alpha value is -1.41. The lowest BCUT2D eigenvalue weighted by Gasteiger charge is -2.19. The number of benzene rings is 1. The second kappa shape index (κ2) is 4.11. The fourth-order valence-electron chi connectivity index (χ4n) is 2.53. The van der Waals surface area contributed by atoms with Gasteiger partial charge in [0.1, 0.15) is 0 Å². The quantitative estimate of drug-likeness (QED) is 0.872. The summed E-state index contributed by atoms with van der Waals surface area (Å²) in [6.07, 6.45) is 3.92. The summed E-state index contributed by atoms with van der Waals surface area (Å²) in [6, 6.07) is 10.0. The Morgan fingerprint density at radius 3 is 2.76 bits per heavy atom. The third-order valence-corrected chi connectivity index (χ3v) is 3.85. The van der Waals surface area contributed by atoms with E-state index >= 15 is 0 Å². The Morgan fingerprint density at radius 1 is 1.24 bits per heavy atom. The number of pyridine rings is 1. The van der Waals surface area contributed by atoms with Gasteiger partial charge in [0, 0.05) is 17.1 Å². The van der Waals surface area contributed by atoms with Gasteiger partial charge in [-0.05, 0) is 30.7 Å². The van der Waals surface area contributed by atoms with Crippen LogP contribution in [-0.2, 0) is 0 Å². The fourth-order valence-corrected chi connectivity index (χ4v) is 2.53. The maximum atomic E-state index is 10.5. The molecule has 0 bridgehead atoms. The highest BCUT2D eigenvalue weighted by atomic mass is 16.3. The zero-order valence-corrected chi connectivity index (χ0v) is 10.0. The Kier molecular flexibility index (Phi) is 2.60. The number of para-hydroxylation sites is 1. The van der Waals surface area contributed by atoms with Crippen LogP contribution in [0.1, 0.15) is 31.4 Å². The lowest BCUT2D eigenvalue weighted by atomic mass is 9.92. The number of aliphatic hydroxyl groups excluding tert-OH is 1. The molecule has 0 saturated heterocycles. The maximum absolute atomic E-state index is 10.5. The van der Waals surface area contributed by atoms with E-state index in [-0.39, 0.29) is 6.10 Å². The van der Waals surface area contributed by atoms with Crippen LogP contribution in [0.3, 0.4) is 0 Å². The summed E-state index contributed by atoms with van der Waals surface area (Å²) < 4.78 is 0. The van der Waals surface area contributed by atoms with Gasteiger partial charge in [-0.15, -0.1) is 0 Å². The molecule has 0 amide bonds. The van der Waals surface area contributed by atoms with Crippen LogP contribution in [0, 0.1) is 11.8 Å². The van der Waals surface area contributed by atoms with Crippen molar-refractivity contribution < 1.29 is 5.11 Å². The molecule has 1 aliphatic rings. The summed E-state index contributed by atoms with van der Waals surface area (Å²) in [5, 5.41) is 11.6. The molecule has 0 spiro atoms. The van der Waals surface area contributed by atoms with Crippen LogP contribution in [0.2, 0.25) is 0 Å². The molecular formula is C15H17NO. The van der Waals surface area contributed by atoms with Gasteiger partial charge in [0.15, 0.2) is 0 Å². The van der Waals surface area contributed by atoms with Gasteiger partial charge in [0.2, 0.25) is 0 Å². The first-order valence-corrected chi connectivity index (χ1v) is 6.29. The van der Waals surface area contributed by atoms with E-state index < -0.39 is 0 Å². The molecule has 3 rings (SSSR count). The minimum atomic E-state index is -0.388. The topological polar surface area (TPSA) is 33.1 Å². The first-order chi connectivity index (χ1) is 8.27. The summed E-state index contributed by atoms with van der Waals surface area (Å²) in [7, 11) is 0. The number of nitrogens with zero attached hydrogens (tertiary/aromatic N) is 1. The molecule has 1 heterocycles. The SMILES string of the molecule is CC(C1CC1)C(O)c1cccc2cccnc12. The second-order valence-electron chi connectivity index (χ2n) is 5.06. The lowest BCUT2D eigenvalue weighted by molar-refractivity contribution is 0.107. The molecule has 1 fully saturated rings. The van der Waals surface area contributed by atoms with Crippen molar-refractivity contribution in [1.29, 1.82) is 0 Å². The molecule has 0 radical (unpaired) electrons. The molecule has 17 heavy (non-hydrogen) atoms. The molecule has 2 heteroatoms. The Morgan fingerprint density at radius 2 is 2.00 bits per heavy atom. The number of rotatable bonds is 3. The van der Waals surface area contributed by atoms with Crippen molar-refractivity contribution in [3.8, 4) is 0 Å². The Bertz CT molecular complexity index is 528. The molecule has 88 valence electrons. The van der Waals surface area contributed by atoms with Crippen molar-refractivity contribution in [2.45, 2.75) is 25.9 Å². The van der Waals surface area contributed by atoms with E-state index in [1.165, 1.54) is 12.8 Å². The minimum Gasteiger partial charge on any atom is -0.388 e. The number of aliphatic hydroxyl groups is 1. The molecule has 1 aromatic heterocycles. The van der Waals surface area contributed by atoms with Gasteiger partial charge in [0.25, 0.3) is 0 Å². The molecular weight excluding hydrogens is 210 g/mol. The zero-order valence-electron chi connectivity index (χ0n) is 10.0. The number of aromatic nitrogens is 1. The van der Waals surface area contributed by atoms with Crippen LogP contribution in [0.5, 0.6) is 0 Å². The van der Waals surface area contributed by atoms with E-state index in [4.69, 9.17) is 0 Å². The van der Waals surface area contributed by atoms with E-state index in [0.29, 0.717) is 11.8 Å². The summed E-state index contributed by atoms with van der Waals surface area (Å²) in [6.45, 7) is 2.14. The van der Waals surface area contributed by atoms with E-state index in [2.05, 4.69) is 11.9 Å². The highest BCUT2D eigenvalue weighted by molar-refractivity contribution is 5.81. The van der Waals surface area contributed by atoms with Crippen LogP contribution in [0.4, 0.5) is 0 Å². The molecule has 2 atom stereocenters. The molecule has 2 aromatic rings. The van der Waals surface area contributed by atoms with E-state index in [1.54, 1.807) is 6.20 Å². The monoisotopic (exact) mass is 227 g/mol. The number of hydrogen-bond acceptors (Lipinski definition) is 2.